The number of carboxylic acid groups (broad SMARTS) is 1. The van der Waals surface area contributed by atoms with Crippen molar-refractivity contribution in [2.45, 2.75) is 26.2 Å². The highest BCUT2D eigenvalue weighted by Gasteiger charge is 2.20. The molecule has 19 heavy (non-hydrogen) atoms. The Morgan fingerprint density at radius 1 is 1.37 bits per heavy atom. The van der Waals surface area contributed by atoms with E-state index in [1.807, 2.05) is 6.92 Å². The number of carbonyl (C=O) groups is 1. The van der Waals surface area contributed by atoms with Crippen molar-refractivity contribution in [3.05, 3.63) is 35.4 Å². The summed E-state index contributed by atoms with van der Waals surface area (Å²) in [6, 6.07) is 3.78. The lowest BCUT2D eigenvalue weighted by Gasteiger charge is -2.19. The number of hydrogen-bond donors (Lipinski definition) is 2. The van der Waals surface area contributed by atoms with Gasteiger partial charge in [-0.1, -0.05) is 19.4 Å². The molecule has 0 amide bonds. The maximum atomic E-state index is 13.1. The molecule has 2 atom stereocenters. The third kappa shape index (κ3) is 4.59. The van der Waals surface area contributed by atoms with Crippen molar-refractivity contribution < 1.29 is 18.7 Å². The Morgan fingerprint density at radius 2 is 2.05 bits per heavy atom. The average molecular weight is 271 g/mol. The van der Waals surface area contributed by atoms with Gasteiger partial charge in [-0.2, -0.15) is 0 Å². The molecule has 1 aromatic rings. The molecular weight excluding hydrogens is 252 g/mol. The van der Waals surface area contributed by atoms with Gasteiger partial charge in [0, 0.05) is 6.54 Å². The molecular formula is C14H19F2NO2. The van der Waals surface area contributed by atoms with E-state index in [1.54, 1.807) is 0 Å². The number of rotatable bonds is 7. The highest BCUT2D eigenvalue weighted by molar-refractivity contribution is 5.70. The molecule has 0 spiro atoms. The molecule has 0 saturated carbocycles. The van der Waals surface area contributed by atoms with Crippen LogP contribution in [0.2, 0.25) is 0 Å². The second kappa shape index (κ2) is 7.19. The maximum absolute atomic E-state index is 13.1. The number of aliphatic carboxylic acids is 1. The first-order valence-electron chi connectivity index (χ1n) is 6.34. The van der Waals surface area contributed by atoms with E-state index in [4.69, 9.17) is 10.8 Å². The van der Waals surface area contributed by atoms with Gasteiger partial charge in [-0.05, 0) is 36.5 Å². The Kier molecular flexibility index (Phi) is 5.89. The molecule has 0 heterocycles. The normalized spacial score (nSPS) is 14.1. The number of benzene rings is 1. The Labute approximate surface area is 111 Å². The van der Waals surface area contributed by atoms with Crippen LogP contribution in [0.15, 0.2) is 18.2 Å². The first kappa shape index (κ1) is 15.6. The summed E-state index contributed by atoms with van der Waals surface area (Å²) in [5.41, 5.74) is 6.10. The van der Waals surface area contributed by atoms with E-state index < -0.39 is 23.5 Å². The fourth-order valence-corrected chi connectivity index (χ4v) is 2.09. The van der Waals surface area contributed by atoms with Gasteiger partial charge in [0.2, 0.25) is 0 Å². The van der Waals surface area contributed by atoms with Crippen LogP contribution in [0, 0.1) is 23.5 Å². The Balaban J connectivity index is 2.70. The standard InChI is InChI=1S/C14H19F2NO2/c1-2-9(6-11(8-17)14(18)19)5-10-3-4-12(15)13(16)7-10/h3-4,7,9,11H,2,5-6,8,17H2,1H3,(H,18,19). The number of nitrogens with two attached hydrogens (primary N) is 1. The van der Waals surface area contributed by atoms with Crippen LogP contribution in [-0.2, 0) is 11.2 Å². The molecule has 1 rings (SSSR count). The smallest absolute Gasteiger partial charge is 0.307 e. The number of carboxylic acids is 1. The minimum atomic E-state index is -0.911. The van der Waals surface area contributed by atoms with Gasteiger partial charge < -0.3 is 10.8 Å². The van der Waals surface area contributed by atoms with E-state index in [2.05, 4.69) is 0 Å². The van der Waals surface area contributed by atoms with E-state index in [0.29, 0.717) is 18.4 Å². The Hall–Kier alpha value is -1.49. The van der Waals surface area contributed by atoms with Gasteiger partial charge in [0.15, 0.2) is 11.6 Å². The summed E-state index contributed by atoms with van der Waals surface area (Å²) in [6.45, 7) is 2.03. The highest BCUT2D eigenvalue weighted by Crippen LogP contribution is 2.21. The average Bonchev–Trinajstić information content (AvgIpc) is 2.38. The zero-order valence-corrected chi connectivity index (χ0v) is 10.9. The van der Waals surface area contributed by atoms with Crippen LogP contribution in [-0.4, -0.2) is 17.6 Å². The van der Waals surface area contributed by atoms with Gasteiger partial charge in [0.1, 0.15) is 0 Å². The lowest BCUT2D eigenvalue weighted by Crippen LogP contribution is -2.26. The molecule has 3 N–H and O–H groups in total. The molecule has 0 radical (unpaired) electrons. The molecule has 3 nitrogen and oxygen atoms in total. The molecule has 0 fully saturated rings. The Morgan fingerprint density at radius 3 is 2.53 bits per heavy atom. The largest absolute Gasteiger partial charge is 0.481 e. The van der Waals surface area contributed by atoms with Crippen molar-refractivity contribution in [1.29, 1.82) is 0 Å². The van der Waals surface area contributed by atoms with Gasteiger partial charge in [-0.3, -0.25) is 4.79 Å². The van der Waals surface area contributed by atoms with Crippen LogP contribution >= 0.6 is 0 Å². The summed E-state index contributed by atoms with van der Waals surface area (Å²) in [4.78, 5) is 10.9. The molecule has 106 valence electrons. The lowest BCUT2D eigenvalue weighted by molar-refractivity contribution is -0.142. The van der Waals surface area contributed by atoms with Gasteiger partial charge in [0.05, 0.1) is 5.92 Å². The summed E-state index contributed by atoms with van der Waals surface area (Å²) in [5, 5.41) is 8.97. The van der Waals surface area contributed by atoms with E-state index in [1.165, 1.54) is 6.07 Å². The second-order valence-corrected chi connectivity index (χ2v) is 4.73. The topological polar surface area (TPSA) is 63.3 Å². The van der Waals surface area contributed by atoms with Crippen molar-refractivity contribution in [3.8, 4) is 0 Å². The summed E-state index contributed by atoms with van der Waals surface area (Å²) >= 11 is 0. The molecule has 0 saturated heterocycles. The summed E-state index contributed by atoms with van der Waals surface area (Å²) in [6.07, 6.45) is 1.74. The zero-order chi connectivity index (χ0) is 14.4. The van der Waals surface area contributed by atoms with Gasteiger partial charge >= 0.3 is 5.97 Å². The van der Waals surface area contributed by atoms with Crippen molar-refractivity contribution in [2.75, 3.05) is 6.54 Å². The predicted molar refractivity (Wildman–Crippen MR) is 68.6 cm³/mol. The van der Waals surface area contributed by atoms with Crippen molar-refractivity contribution in [1.82, 2.24) is 0 Å². The second-order valence-electron chi connectivity index (χ2n) is 4.73. The minimum Gasteiger partial charge on any atom is -0.481 e. The molecule has 0 aromatic heterocycles. The van der Waals surface area contributed by atoms with Crippen LogP contribution in [0.4, 0.5) is 8.78 Å². The Bertz CT molecular complexity index is 437. The van der Waals surface area contributed by atoms with Crippen LogP contribution < -0.4 is 5.73 Å². The zero-order valence-electron chi connectivity index (χ0n) is 10.9. The summed E-state index contributed by atoms with van der Waals surface area (Å²) < 4.78 is 25.9. The number of hydrogen-bond acceptors (Lipinski definition) is 2. The maximum Gasteiger partial charge on any atom is 0.307 e. The van der Waals surface area contributed by atoms with Crippen molar-refractivity contribution in [2.24, 2.45) is 17.6 Å². The van der Waals surface area contributed by atoms with Gasteiger partial charge in [-0.15, -0.1) is 0 Å². The molecule has 0 aliphatic heterocycles. The predicted octanol–water partition coefficient (Wildman–Crippen LogP) is 2.58. The van der Waals surface area contributed by atoms with E-state index in [9.17, 15) is 13.6 Å². The van der Waals surface area contributed by atoms with Crippen LogP contribution in [0.3, 0.4) is 0 Å². The molecule has 5 heteroatoms. The SMILES string of the molecule is CCC(Cc1ccc(F)c(F)c1)CC(CN)C(=O)O. The van der Waals surface area contributed by atoms with Crippen LogP contribution in [0.5, 0.6) is 0 Å². The summed E-state index contributed by atoms with van der Waals surface area (Å²) in [5.74, 6) is -3.15. The molecule has 0 aliphatic rings. The van der Waals surface area contributed by atoms with Gasteiger partial charge in [0.25, 0.3) is 0 Å². The van der Waals surface area contributed by atoms with Crippen molar-refractivity contribution in [3.63, 3.8) is 0 Å². The molecule has 1 aromatic carbocycles. The molecule has 2 unspecified atom stereocenters. The first-order valence-corrected chi connectivity index (χ1v) is 6.34. The summed E-state index contributed by atoms with van der Waals surface area (Å²) in [7, 11) is 0. The van der Waals surface area contributed by atoms with E-state index in [-0.39, 0.29) is 12.5 Å². The van der Waals surface area contributed by atoms with Crippen molar-refractivity contribution >= 4 is 5.97 Å². The van der Waals surface area contributed by atoms with Crippen LogP contribution in [0.25, 0.3) is 0 Å². The van der Waals surface area contributed by atoms with E-state index in [0.717, 1.165) is 18.6 Å². The third-order valence-electron chi connectivity index (χ3n) is 3.34. The van der Waals surface area contributed by atoms with E-state index >= 15 is 0 Å². The quantitative estimate of drug-likeness (QED) is 0.801. The van der Waals surface area contributed by atoms with Gasteiger partial charge in [-0.25, -0.2) is 8.78 Å². The third-order valence-corrected chi connectivity index (χ3v) is 3.34. The fraction of sp³-hybridized carbons (Fsp3) is 0.500. The highest BCUT2D eigenvalue weighted by atomic mass is 19.2. The molecule has 0 aliphatic carbocycles. The molecule has 0 bridgehead atoms. The van der Waals surface area contributed by atoms with Crippen LogP contribution in [0.1, 0.15) is 25.3 Å². The monoisotopic (exact) mass is 271 g/mol. The minimum absolute atomic E-state index is 0.0869. The first-order chi connectivity index (χ1) is 8.97. The number of halogens is 2. The fourth-order valence-electron chi connectivity index (χ4n) is 2.09. The lowest BCUT2D eigenvalue weighted by atomic mass is 9.87.